The van der Waals surface area contributed by atoms with Gasteiger partial charge in [-0.3, -0.25) is 0 Å². The Morgan fingerprint density at radius 2 is 1.88 bits per heavy atom. The summed E-state index contributed by atoms with van der Waals surface area (Å²) in [5, 5.41) is 0. The smallest absolute Gasteiger partial charge is 0.449 e. The monoisotopic (exact) mass is 123 g/mol. The number of halogens is 3. The van der Waals surface area contributed by atoms with Gasteiger partial charge in [-0.2, -0.15) is 0 Å². The first-order chi connectivity index (χ1) is 3.56. The van der Waals surface area contributed by atoms with Crippen LogP contribution in [0.4, 0.5) is 12.9 Å². The van der Waals surface area contributed by atoms with Crippen LogP contribution in [0.3, 0.4) is 0 Å². The van der Waals surface area contributed by atoms with E-state index in [0.29, 0.717) is 0 Å². The quantitative estimate of drug-likeness (QED) is 0.390. The fourth-order valence-corrected chi connectivity index (χ4v) is 0.290. The summed E-state index contributed by atoms with van der Waals surface area (Å²) >= 11 is 0. The third kappa shape index (κ3) is 5.59. The van der Waals surface area contributed by atoms with Crippen LogP contribution in [0.5, 0.6) is 0 Å². The molecule has 0 saturated heterocycles. The Hall–Kier alpha value is -0.405. The molecule has 0 aliphatic carbocycles. The molecular formula is C4H7BF3-. The van der Waals surface area contributed by atoms with Gasteiger partial charge in [0.15, 0.2) is 0 Å². The van der Waals surface area contributed by atoms with Crippen LogP contribution in [0.25, 0.3) is 0 Å². The molecule has 0 aliphatic rings. The van der Waals surface area contributed by atoms with Crippen molar-refractivity contribution in [3.63, 3.8) is 0 Å². The maximum Gasteiger partial charge on any atom is 0.482 e. The number of rotatable bonds is 2. The summed E-state index contributed by atoms with van der Waals surface area (Å²) in [5.41, 5.74) is 0. The van der Waals surface area contributed by atoms with Crippen molar-refractivity contribution in [2.75, 3.05) is 0 Å². The van der Waals surface area contributed by atoms with Gasteiger partial charge in [-0.1, -0.05) is 12.4 Å². The highest BCUT2D eigenvalue weighted by atomic mass is 19.4. The third-order valence-corrected chi connectivity index (χ3v) is 0.639. The van der Waals surface area contributed by atoms with E-state index in [1.807, 2.05) is 0 Å². The first-order valence-corrected chi connectivity index (χ1v) is 2.38. The van der Waals surface area contributed by atoms with E-state index in [9.17, 15) is 12.9 Å². The standard InChI is InChI=1S/C4H7BF3/c1-2-3-4-5(6,7)8/h2-3H,4H2,1H3/q-1/b3-2-. The Bertz CT molecular complexity index is 83.8. The Kier molecular flexibility index (Phi) is 2.65. The molecule has 0 heterocycles. The van der Waals surface area contributed by atoms with Gasteiger partial charge >= 0.3 is 6.98 Å². The Morgan fingerprint density at radius 3 is 2.00 bits per heavy atom. The molecule has 0 fully saturated rings. The summed E-state index contributed by atoms with van der Waals surface area (Å²) in [6.45, 7) is -3.02. The molecule has 0 atom stereocenters. The lowest BCUT2D eigenvalue weighted by molar-refractivity contribution is 0.478. The third-order valence-electron chi connectivity index (χ3n) is 0.639. The molecule has 0 unspecified atom stereocenters. The lowest BCUT2D eigenvalue weighted by Gasteiger charge is -2.08. The van der Waals surface area contributed by atoms with Crippen LogP contribution in [0.1, 0.15) is 6.92 Å². The number of hydrogen-bond donors (Lipinski definition) is 0. The molecule has 8 heavy (non-hydrogen) atoms. The van der Waals surface area contributed by atoms with Crippen molar-refractivity contribution in [2.45, 2.75) is 13.2 Å². The molecule has 0 rings (SSSR count). The van der Waals surface area contributed by atoms with Gasteiger partial charge in [-0.25, -0.2) is 0 Å². The maximum absolute atomic E-state index is 11.3. The first kappa shape index (κ1) is 7.59. The molecule has 0 radical (unpaired) electrons. The number of hydrogen-bond acceptors (Lipinski definition) is 0. The molecule has 0 spiro atoms. The summed E-state index contributed by atoms with van der Waals surface area (Å²) in [6, 6.07) is 0. The molecule has 0 aromatic heterocycles. The normalized spacial score (nSPS) is 13.0. The minimum absolute atomic E-state index is 0.753. The van der Waals surface area contributed by atoms with Crippen molar-refractivity contribution in [1.29, 1.82) is 0 Å². The Labute approximate surface area is 46.4 Å². The summed E-state index contributed by atoms with van der Waals surface area (Å²) in [7, 11) is 0. The van der Waals surface area contributed by atoms with Crippen LogP contribution in [-0.2, 0) is 0 Å². The predicted octanol–water partition coefficient (Wildman–Crippen LogP) is 2.41. The van der Waals surface area contributed by atoms with Crippen molar-refractivity contribution in [3.05, 3.63) is 12.2 Å². The zero-order chi connectivity index (χ0) is 6.62. The van der Waals surface area contributed by atoms with Crippen molar-refractivity contribution in [3.8, 4) is 0 Å². The zero-order valence-corrected chi connectivity index (χ0v) is 4.57. The van der Waals surface area contributed by atoms with E-state index in [-0.39, 0.29) is 0 Å². The molecule has 0 aliphatic heterocycles. The second-order valence-corrected chi connectivity index (χ2v) is 1.52. The highest BCUT2D eigenvalue weighted by Gasteiger charge is 2.19. The van der Waals surface area contributed by atoms with Gasteiger partial charge in [-0.05, 0) is 6.92 Å². The van der Waals surface area contributed by atoms with Gasteiger partial charge in [0.25, 0.3) is 0 Å². The molecule has 0 amide bonds. The molecule has 0 saturated carbocycles. The van der Waals surface area contributed by atoms with E-state index in [2.05, 4.69) is 0 Å². The molecule has 4 heteroatoms. The Balaban J connectivity index is 3.39. The second-order valence-electron chi connectivity index (χ2n) is 1.52. The van der Waals surface area contributed by atoms with Crippen LogP contribution in [0.2, 0.25) is 6.32 Å². The van der Waals surface area contributed by atoms with Gasteiger partial charge in [0.1, 0.15) is 0 Å². The fourth-order valence-electron chi connectivity index (χ4n) is 0.290. The van der Waals surface area contributed by atoms with Gasteiger partial charge < -0.3 is 12.9 Å². The van der Waals surface area contributed by atoms with Crippen molar-refractivity contribution < 1.29 is 12.9 Å². The van der Waals surface area contributed by atoms with Crippen molar-refractivity contribution in [2.24, 2.45) is 0 Å². The summed E-state index contributed by atoms with van der Waals surface area (Å²) in [4.78, 5) is 0. The topological polar surface area (TPSA) is 0 Å². The summed E-state index contributed by atoms with van der Waals surface area (Å²) < 4.78 is 33.8. The van der Waals surface area contributed by atoms with E-state index < -0.39 is 13.3 Å². The molecule has 0 nitrogen and oxygen atoms in total. The minimum Gasteiger partial charge on any atom is -0.449 e. The van der Waals surface area contributed by atoms with E-state index in [1.54, 1.807) is 6.92 Å². The zero-order valence-electron chi connectivity index (χ0n) is 4.57. The van der Waals surface area contributed by atoms with E-state index in [1.165, 1.54) is 6.08 Å². The van der Waals surface area contributed by atoms with E-state index in [4.69, 9.17) is 0 Å². The SMILES string of the molecule is C/C=C\C[B-](F)(F)F. The maximum atomic E-state index is 11.3. The fraction of sp³-hybridized carbons (Fsp3) is 0.500. The van der Waals surface area contributed by atoms with Crippen LogP contribution in [0.15, 0.2) is 12.2 Å². The van der Waals surface area contributed by atoms with Gasteiger partial charge in [-0.15, -0.1) is 6.08 Å². The molecular weight excluding hydrogens is 116 g/mol. The van der Waals surface area contributed by atoms with Crippen LogP contribution >= 0.6 is 0 Å². The number of allylic oxidation sites excluding steroid dienone is 2. The lowest BCUT2D eigenvalue weighted by Crippen LogP contribution is -2.11. The van der Waals surface area contributed by atoms with Crippen LogP contribution in [-0.4, -0.2) is 6.98 Å². The van der Waals surface area contributed by atoms with Crippen molar-refractivity contribution in [1.82, 2.24) is 0 Å². The van der Waals surface area contributed by atoms with Crippen LogP contribution < -0.4 is 0 Å². The molecule has 0 N–H and O–H groups in total. The minimum atomic E-state index is -4.59. The Morgan fingerprint density at radius 1 is 1.38 bits per heavy atom. The molecule has 0 aromatic rings. The first-order valence-electron chi connectivity index (χ1n) is 2.38. The average molecular weight is 123 g/mol. The summed E-state index contributed by atoms with van der Waals surface area (Å²) in [5.74, 6) is 0. The van der Waals surface area contributed by atoms with Crippen molar-refractivity contribution >= 4 is 6.98 Å². The van der Waals surface area contributed by atoms with E-state index >= 15 is 0 Å². The van der Waals surface area contributed by atoms with Gasteiger partial charge in [0.2, 0.25) is 0 Å². The second kappa shape index (κ2) is 2.79. The summed E-state index contributed by atoms with van der Waals surface area (Å²) in [6.07, 6.45) is 1.76. The average Bonchev–Trinajstić information content (AvgIpc) is 1.59. The predicted molar refractivity (Wildman–Crippen MR) is 28.7 cm³/mol. The highest BCUT2D eigenvalue weighted by Crippen LogP contribution is 2.14. The van der Waals surface area contributed by atoms with Crippen LogP contribution in [0, 0.1) is 0 Å². The largest absolute Gasteiger partial charge is 0.482 e. The van der Waals surface area contributed by atoms with Gasteiger partial charge in [0.05, 0.1) is 0 Å². The molecule has 0 aromatic carbocycles. The molecule has 0 bridgehead atoms. The molecule has 48 valence electrons. The van der Waals surface area contributed by atoms with E-state index in [0.717, 1.165) is 6.08 Å². The highest BCUT2D eigenvalue weighted by molar-refractivity contribution is 6.58. The lowest BCUT2D eigenvalue weighted by atomic mass is 9.86. The van der Waals surface area contributed by atoms with Gasteiger partial charge in [0, 0.05) is 0 Å².